The molecule has 0 radical (unpaired) electrons. The zero-order valence-electron chi connectivity index (χ0n) is 38.6. The van der Waals surface area contributed by atoms with Crippen LogP contribution in [0.2, 0.25) is 0 Å². The van der Waals surface area contributed by atoms with Crippen LogP contribution in [0, 0.1) is 20.8 Å². The number of hydrogen-bond acceptors (Lipinski definition) is 0. The highest BCUT2D eigenvalue weighted by Gasteiger charge is 2.20. The molecule has 3 heteroatoms. The maximum Gasteiger partial charge on any atom is 0.212 e. The Kier molecular flexibility index (Phi) is 11.4. The summed E-state index contributed by atoms with van der Waals surface area (Å²) < 4.78 is 6.57. The van der Waals surface area contributed by atoms with Gasteiger partial charge in [0.05, 0.1) is 0 Å². The molecule has 3 heterocycles. The van der Waals surface area contributed by atoms with Crippen LogP contribution in [0.25, 0.3) is 101 Å². The van der Waals surface area contributed by atoms with Gasteiger partial charge in [-0.25, -0.2) is 13.7 Å². The molecule has 0 saturated heterocycles. The number of aromatic nitrogens is 3. The van der Waals surface area contributed by atoms with E-state index >= 15 is 0 Å². The van der Waals surface area contributed by atoms with Crippen molar-refractivity contribution in [3.63, 3.8) is 0 Å². The Balaban J connectivity index is 1.15. The fraction of sp³-hybridized carbons (Fsp3) is 0.0952. The molecule has 0 atom stereocenters. The summed E-state index contributed by atoms with van der Waals surface area (Å²) in [7, 11) is 6.34. The van der Waals surface area contributed by atoms with Gasteiger partial charge in [0.15, 0.2) is 18.6 Å². The first-order chi connectivity index (χ1) is 32.2. The Morgan fingerprint density at radius 3 is 0.712 bits per heavy atom. The number of nitrogens with zero attached hydrogens (tertiary/aromatic N) is 3. The molecule has 0 aliphatic carbocycles. The molecule has 0 amide bonds. The summed E-state index contributed by atoms with van der Waals surface area (Å²) in [5.41, 5.74) is 25.3. The van der Waals surface area contributed by atoms with Gasteiger partial charge in [0.1, 0.15) is 21.1 Å². The molecular formula is C63H54N3+3. The lowest BCUT2D eigenvalue weighted by Crippen LogP contribution is -2.30. The van der Waals surface area contributed by atoms with Crippen LogP contribution in [0.1, 0.15) is 16.7 Å². The van der Waals surface area contributed by atoms with E-state index in [0.29, 0.717) is 0 Å². The van der Waals surface area contributed by atoms with E-state index in [1.165, 1.54) is 117 Å². The van der Waals surface area contributed by atoms with E-state index in [2.05, 4.69) is 274 Å². The van der Waals surface area contributed by atoms with Crippen LogP contribution in [-0.4, -0.2) is 0 Å². The Morgan fingerprint density at radius 1 is 0.227 bits per heavy atom. The summed E-state index contributed by atoms with van der Waals surface area (Å²) in [5, 5.41) is 0. The number of aryl methyl sites for hydroxylation is 6. The van der Waals surface area contributed by atoms with Gasteiger partial charge in [0, 0.05) is 53.1 Å². The van der Waals surface area contributed by atoms with Gasteiger partial charge in [0.25, 0.3) is 0 Å². The van der Waals surface area contributed by atoms with Gasteiger partial charge in [-0.05, 0) is 159 Å². The van der Waals surface area contributed by atoms with Gasteiger partial charge in [-0.3, -0.25) is 0 Å². The van der Waals surface area contributed by atoms with E-state index < -0.39 is 0 Å². The minimum absolute atomic E-state index is 1.17. The summed E-state index contributed by atoms with van der Waals surface area (Å²) >= 11 is 0. The summed E-state index contributed by atoms with van der Waals surface area (Å²) in [6, 6.07) is 73.8. The summed E-state index contributed by atoms with van der Waals surface area (Å²) in [6.45, 7) is 6.68. The largest absolute Gasteiger partial charge is 0.212 e. The van der Waals surface area contributed by atoms with Crippen molar-refractivity contribution < 1.29 is 13.7 Å². The fourth-order valence-electron chi connectivity index (χ4n) is 9.82. The highest BCUT2D eigenvalue weighted by Crippen LogP contribution is 2.43. The molecule has 3 nitrogen and oxygen atoms in total. The molecule has 0 aliphatic rings. The molecule has 7 aromatic carbocycles. The van der Waals surface area contributed by atoms with Crippen molar-refractivity contribution in [2.75, 3.05) is 0 Å². The van der Waals surface area contributed by atoms with Gasteiger partial charge >= 0.3 is 0 Å². The first-order valence-corrected chi connectivity index (χ1v) is 22.8. The van der Waals surface area contributed by atoms with E-state index in [4.69, 9.17) is 0 Å². The third-order valence-electron chi connectivity index (χ3n) is 13.3. The Labute approximate surface area is 389 Å². The first-order valence-electron chi connectivity index (χ1n) is 22.8. The van der Waals surface area contributed by atoms with Crippen molar-refractivity contribution >= 4 is 0 Å². The molecule has 3 aromatic heterocycles. The molecule has 0 saturated carbocycles. The minimum Gasteiger partial charge on any atom is -0.201 e. The molecule has 0 spiro atoms. The summed E-state index contributed by atoms with van der Waals surface area (Å²) in [6.07, 6.45) is 6.34. The number of pyridine rings is 3. The van der Waals surface area contributed by atoms with Crippen LogP contribution >= 0.6 is 0 Å². The third-order valence-corrected chi connectivity index (χ3v) is 13.3. The smallest absolute Gasteiger partial charge is 0.201 e. The number of benzene rings is 7. The van der Waals surface area contributed by atoms with Gasteiger partial charge in [0.2, 0.25) is 17.1 Å². The maximum atomic E-state index is 2.40. The SMILES string of the molecule is Cc1cc(-c2ccccc2-c2cc(-c3ccccc3-c3ccc(-c4cccc[n+]4C)c(C)c3)cc(-c3ccccc3-c3ccc(-c4cccc[n+]4C)c(C)c3)c2)ccc1-c1cccc[n+]1C. The molecule has 0 bridgehead atoms. The topological polar surface area (TPSA) is 11.6 Å². The second kappa shape index (κ2) is 17.9. The van der Waals surface area contributed by atoms with Crippen LogP contribution in [0.4, 0.5) is 0 Å². The van der Waals surface area contributed by atoms with Crippen LogP contribution < -0.4 is 13.7 Å². The quantitative estimate of drug-likeness (QED) is 0.128. The Morgan fingerprint density at radius 2 is 0.470 bits per heavy atom. The molecule has 10 rings (SSSR count). The molecule has 0 fully saturated rings. The van der Waals surface area contributed by atoms with Crippen LogP contribution in [0.3, 0.4) is 0 Å². The molecule has 318 valence electrons. The number of hydrogen-bond donors (Lipinski definition) is 0. The molecule has 10 aromatic rings. The predicted octanol–water partition coefficient (Wildman–Crippen LogP) is 14.1. The van der Waals surface area contributed by atoms with E-state index in [1.54, 1.807) is 0 Å². The Hall–Kier alpha value is -8.01. The van der Waals surface area contributed by atoms with E-state index in [9.17, 15) is 0 Å². The van der Waals surface area contributed by atoms with E-state index in [1.807, 2.05) is 0 Å². The van der Waals surface area contributed by atoms with Crippen molar-refractivity contribution in [3.8, 4) is 101 Å². The molecular weight excluding hydrogens is 799 g/mol. The van der Waals surface area contributed by atoms with Crippen LogP contribution in [0.5, 0.6) is 0 Å². The molecule has 0 aliphatic heterocycles. The van der Waals surface area contributed by atoms with E-state index in [0.717, 1.165) is 0 Å². The Bertz CT molecular complexity index is 3070. The lowest BCUT2D eigenvalue weighted by atomic mass is 9.85. The molecule has 0 unspecified atom stereocenters. The highest BCUT2D eigenvalue weighted by molar-refractivity contribution is 5.94. The molecule has 66 heavy (non-hydrogen) atoms. The molecule has 0 N–H and O–H groups in total. The zero-order chi connectivity index (χ0) is 45.3. The van der Waals surface area contributed by atoms with Gasteiger partial charge in [-0.2, -0.15) is 0 Å². The van der Waals surface area contributed by atoms with Crippen LogP contribution in [-0.2, 0) is 21.1 Å². The first kappa shape index (κ1) is 42.0. The zero-order valence-corrected chi connectivity index (χ0v) is 38.6. The average Bonchev–Trinajstić information content (AvgIpc) is 3.34. The fourth-order valence-corrected chi connectivity index (χ4v) is 9.82. The van der Waals surface area contributed by atoms with Crippen molar-refractivity contribution in [2.24, 2.45) is 21.1 Å². The second-order valence-corrected chi connectivity index (χ2v) is 17.6. The van der Waals surface area contributed by atoms with Crippen LogP contribution in [0.15, 0.2) is 219 Å². The number of rotatable bonds is 9. The van der Waals surface area contributed by atoms with E-state index in [-0.39, 0.29) is 0 Å². The predicted molar refractivity (Wildman–Crippen MR) is 273 cm³/mol. The highest BCUT2D eigenvalue weighted by atomic mass is 14.9. The lowest BCUT2D eigenvalue weighted by Gasteiger charge is -2.18. The summed E-state index contributed by atoms with van der Waals surface area (Å²) in [5.74, 6) is 0. The average molecular weight is 853 g/mol. The minimum atomic E-state index is 1.17. The lowest BCUT2D eigenvalue weighted by molar-refractivity contribution is -0.660. The third kappa shape index (κ3) is 8.05. The standard InChI is InChI=1S/C63H54N3/c1-43-37-46(28-31-52(43)61-25-13-16-34-64(61)4)55-19-7-10-22-58(55)49-40-50(59-23-11-8-20-56(59)47-29-32-53(44(2)38-47)62-26-14-17-35-65(62)5)42-51(41-49)60-24-12-9-21-57(60)48-30-33-54(45(3)39-48)63-27-15-18-36-66(63)6/h7-42H,1-6H3/q+3. The van der Waals surface area contributed by atoms with Crippen molar-refractivity contribution in [1.29, 1.82) is 0 Å². The van der Waals surface area contributed by atoms with Crippen molar-refractivity contribution in [3.05, 3.63) is 235 Å². The monoisotopic (exact) mass is 852 g/mol. The van der Waals surface area contributed by atoms with Crippen molar-refractivity contribution in [2.45, 2.75) is 20.8 Å². The van der Waals surface area contributed by atoms with Gasteiger partial charge in [-0.1, -0.05) is 109 Å². The van der Waals surface area contributed by atoms with Crippen molar-refractivity contribution in [1.82, 2.24) is 0 Å². The normalized spacial score (nSPS) is 11.2. The van der Waals surface area contributed by atoms with Gasteiger partial charge < -0.3 is 0 Å². The maximum absolute atomic E-state index is 2.40. The van der Waals surface area contributed by atoms with Gasteiger partial charge in [-0.15, -0.1) is 0 Å². The second-order valence-electron chi connectivity index (χ2n) is 17.6. The summed E-state index contributed by atoms with van der Waals surface area (Å²) in [4.78, 5) is 0.